The Morgan fingerprint density at radius 2 is 2.00 bits per heavy atom. The minimum absolute atomic E-state index is 0.307. The average molecular weight is 247 g/mol. The van der Waals surface area contributed by atoms with Gasteiger partial charge in [0.05, 0.1) is 6.61 Å². The maximum absolute atomic E-state index is 5.21. The maximum atomic E-state index is 5.21. The highest BCUT2D eigenvalue weighted by Gasteiger charge is 2.32. The number of methoxy groups -OCH3 is 1. The van der Waals surface area contributed by atoms with E-state index in [1.807, 2.05) is 0 Å². The lowest BCUT2D eigenvalue weighted by molar-refractivity contribution is 0.116. The number of ether oxygens (including phenoxy) is 1. The second kappa shape index (κ2) is 5.41. The highest BCUT2D eigenvalue weighted by molar-refractivity contribution is 5.34. The van der Waals surface area contributed by atoms with Crippen molar-refractivity contribution in [2.45, 2.75) is 33.2 Å². The van der Waals surface area contributed by atoms with E-state index in [-0.39, 0.29) is 0 Å². The molecule has 1 unspecified atom stereocenters. The first kappa shape index (κ1) is 13.6. The molecule has 1 heterocycles. The van der Waals surface area contributed by atoms with Gasteiger partial charge in [-0.25, -0.2) is 0 Å². The van der Waals surface area contributed by atoms with Crippen molar-refractivity contribution in [3.8, 4) is 0 Å². The number of benzene rings is 1. The van der Waals surface area contributed by atoms with E-state index in [0.29, 0.717) is 11.3 Å². The molecule has 2 rings (SSSR count). The van der Waals surface area contributed by atoms with Crippen LogP contribution in [0.25, 0.3) is 0 Å². The van der Waals surface area contributed by atoms with Crippen LogP contribution in [-0.4, -0.2) is 31.7 Å². The predicted molar refractivity (Wildman–Crippen MR) is 75.8 cm³/mol. The summed E-state index contributed by atoms with van der Waals surface area (Å²) in [5.74, 6) is 0.610. The number of fused-ring (bicyclic) bond motifs is 1. The number of hydrogen-bond acceptors (Lipinski definition) is 2. The summed E-state index contributed by atoms with van der Waals surface area (Å²) in [5.41, 5.74) is 3.33. The quantitative estimate of drug-likeness (QED) is 0.812. The van der Waals surface area contributed by atoms with E-state index in [9.17, 15) is 0 Å². The predicted octanol–water partition coefficient (Wildman–Crippen LogP) is 3.28. The highest BCUT2D eigenvalue weighted by Crippen LogP contribution is 2.40. The lowest BCUT2D eigenvalue weighted by Crippen LogP contribution is -2.40. The number of rotatable bonds is 3. The fourth-order valence-corrected chi connectivity index (χ4v) is 2.81. The SMILES string of the molecule is COCCN1Cc2ccccc2C(C(C)(C)C)C1. The van der Waals surface area contributed by atoms with Crippen LogP contribution in [0.3, 0.4) is 0 Å². The van der Waals surface area contributed by atoms with E-state index >= 15 is 0 Å². The molecule has 0 bridgehead atoms. The Morgan fingerprint density at radius 3 is 2.67 bits per heavy atom. The van der Waals surface area contributed by atoms with Crippen LogP contribution in [-0.2, 0) is 11.3 Å². The first-order chi connectivity index (χ1) is 8.52. The molecule has 0 saturated carbocycles. The van der Waals surface area contributed by atoms with E-state index in [4.69, 9.17) is 4.74 Å². The first-order valence-corrected chi connectivity index (χ1v) is 6.81. The zero-order chi connectivity index (χ0) is 13.2. The molecule has 1 aromatic carbocycles. The van der Waals surface area contributed by atoms with Gasteiger partial charge >= 0.3 is 0 Å². The lowest BCUT2D eigenvalue weighted by Gasteiger charge is -2.41. The molecule has 1 aliphatic heterocycles. The molecule has 0 saturated heterocycles. The van der Waals surface area contributed by atoms with Gasteiger partial charge in [-0.2, -0.15) is 0 Å². The van der Waals surface area contributed by atoms with Crippen LogP contribution in [0.5, 0.6) is 0 Å². The molecule has 0 spiro atoms. The van der Waals surface area contributed by atoms with Crippen molar-refractivity contribution in [3.05, 3.63) is 35.4 Å². The van der Waals surface area contributed by atoms with Crippen LogP contribution in [0.2, 0.25) is 0 Å². The van der Waals surface area contributed by atoms with Gasteiger partial charge in [0.2, 0.25) is 0 Å². The number of hydrogen-bond donors (Lipinski definition) is 0. The first-order valence-electron chi connectivity index (χ1n) is 6.81. The molecule has 2 heteroatoms. The molecular weight excluding hydrogens is 222 g/mol. The van der Waals surface area contributed by atoms with Gasteiger partial charge in [-0.05, 0) is 16.5 Å². The van der Waals surface area contributed by atoms with E-state index < -0.39 is 0 Å². The third-order valence-corrected chi connectivity index (χ3v) is 3.92. The van der Waals surface area contributed by atoms with E-state index in [1.54, 1.807) is 12.7 Å². The van der Waals surface area contributed by atoms with Gasteiger partial charge in [0.25, 0.3) is 0 Å². The fraction of sp³-hybridized carbons (Fsp3) is 0.625. The monoisotopic (exact) mass is 247 g/mol. The van der Waals surface area contributed by atoms with Crippen LogP contribution in [0.15, 0.2) is 24.3 Å². The van der Waals surface area contributed by atoms with E-state index in [2.05, 4.69) is 49.9 Å². The average Bonchev–Trinajstić information content (AvgIpc) is 2.34. The summed E-state index contributed by atoms with van der Waals surface area (Å²) in [4.78, 5) is 2.52. The molecule has 0 aliphatic carbocycles. The Hall–Kier alpha value is -0.860. The minimum atomic E-state index is 0.307. The molecule has 18 heavy (non-hydrogen) atoms. The van der Waals surface area contributed by atoms with Crippen molar-refractivity contribution in [2.24, 2.45) is 5.41 Å². The molecular formula is C16H25NO. The van der Waals surface area contributed by atoms with Crippen molar-refractivity contribution >= 4 is 0 Å². The zero-order valence-electron chi connectivity index (χ0n) is 12.1. The third kappa shape index (κ3) is 2.93. The normalized spacial score (nSPS) is 20.8. The summed E-state index contributed by atoms with van der Waals surface area (Å²) >= 11 is 0. The van der Waals surface area contributed by atoms with Crippen LogP contribution >= 0.6 is 0 Å². The molecule has 1 aliphatic rings. The van der Waals surface area contributed by atoms with Crippen molar-refractivity contribution in [1.82, 2.24) is 4.90 Å². The molecule has 0 fully saturated rings. The van der Waals surface area contributed by atoms with Crippen molar-refractivity contribution < 1.29 is 4.74 Å². The standard InChI is InChI=1S/C16H25NO/c1-16(2,3)15-12-17(9-10-18-4)11-13-7-5-6-8-14(13)15/h5-8,15H,9-12H2,1-4H3. The largest absolute Gasteiger partial charge is 0.383 e. The molecule has 0 aromatic heterocycles. The third-order valence-electron chi connectivity index (χ3n) is 3.92. The zero-order valence-corrected chi connectivity index (χ0v) is 12.1. The van der Waals surface area contributed by atoms with Crippen LogP contribution in [0.4, 0.5) is 0 Å². The van der Waals surface area contributed by atoms with Gasteiger partial charge in [-0.1, -0.05) is 45.0 Å². The van der Waals surface area contributed by atoms with E-state index in [1.165, 1.54) is 5.56 Å². The Balaban J connectivity index is 2.24. The summed E-state index contributed by atoms with van der Waals surface area (Å²) in [7, 11) is 1.78. The highest BCUT2D eigenvalue weighted by atomic mass is 16.5. The Bertz CT molecular complexity index is 394. The molecule has 0 amide bonds. The maximum Gasteiger partial charge on any atom is 0.0589 e. The lowest BCUT2D eigenvalue weighted by atomic mass is 9.73. The topological polar surface area (TPSA) is 12.5 Å². The summed E-state index contributed by atoms with van der Waals surface area (Å²) in [5, 5.41) is 0. The Labute approximate surface area is 111 Å². The van der Waals surface area contributed by atoms with Gasteiger partial charge in [0.1, 0.15) is 0 Å². The fourth-order valence-electron chi connectivity index (χ4n) is 2.81. The van der Waals surface area contributed by atoms with Gasteiger partial charge in [-0.3, -0.25) is 4.90 Å². The Morgan fingerprint density at radius 1 is 1.28 bits per heavy atom. The van der Waals surface area contributed by atoms with Crippen molar-refractivity contribution in [3.63, 3.8) is 0 Å². The van der Waals surface area contributed by atoms with Crippen LogP contribution in [0.1, 0.15) is 37.8 Å². The van der Waals surface area contributed by atoms with Crippen molar-refractivity contribution in [1.29, 1.82) is 0 Å². The second-order valence-corrected chi connectivity index (χ2v) is 6.35. The molecule has 1 atom stereocenters. The van der Waals surface area contributed by atoms with Crippen molar-refractivity contribution in [2.75, 3.05) is 26.8 Å². The van der Waals surface area contributed by atoms with E-state index in [0.717, 1.165) is 26.2 Å². The van der Waals surface area contributed by atoms with Gasteiger partial charge in [0.15, 0.2) is 0 Å². The summed E-state index contributed by atoms with van der Waals surface area (Å²) in [6, 6.07) is 8.90. The second-order valence-electron chi connectivity index (χ2n) is 6.35. The van der Waals surface area contributed by atoms with Gasteiger partial charge in [-0.15, -0.1) is 0 Å². The molecule has 0 radical (unpaired) electrons. The Kier molecular flexibility index (Phi) is 4.08. The van der Waals surface area contributed by atoms with Crippen LogP contribution < -0.4 is 0 Å². The van der Waals surface area contributed by atoms with Gasteiger partial charge in [0, 0.05) is 32.7 Å². The molecule has 2 nitrogen and oxygen atoms in total. The van der Waals surface area contributed by atoms with Gasteiger partial charge < -0.3 is 4.74 Å². The summed E-state index contributed by atoms with van der Waals surface area (Å²) in [6.45, 7) is 11.1. The molecule has 1 aromatic rings. The minimum Gasteiger partial charge on any atom is -0.383 e. The number of nitrogens with zero attached hydrogens (tertiary/aromatic N) is 1. The smallest absolute Gasteiger partial charge is 0.0589 e. The van der Waals surface area contributed by atoms with Crippen LogP contribution in [0, 0.1) is 5.41 Å². The summed E-state index contributed by atoms with van der Waals surface area (Å²) < 4.78 is 5.21. The molecule has 100 valence electrons. The molecule has 0 N–H and O–H groups in total. The summed E-state index contributed by atoms with van der Waals surface area (Å²) in [6.07, 6.45) is 0.